The van der Waals surface area contributed by atoms with Gasteiger partial charge in [0.1, 0.15) is 11.5 Å². The lowest BCUT2D eigenvalue weighted by molar-refractivity contribution is 0.240. The summed E-state index contributed by atoms with van der Waals surface area (Å²) < 4.78 is 5.69. The number of nitrogens with one attached hydrogen (secondary N) is 1. The third-order valence-electron chi connectivity index (χ3n) is 2.91. The Bertz CT molecular complexity index is 484. The maximum atomic E-state index is 9.45. The van der Waals surface area contributed by atoms with Crippen LogP contribution < -0.4 is 5.32 Å². The van der Waals surface area contributed by atoms with Crippen LogP contribution in [0.2, 0.25) is 0 Å². The van der Waals surface area contributed by atoms with Gasteiger partial charge in [-0.2, -0.15) is 11.8 Å². The molecule has 0 radical (unpaired) electrons. The zero-order valence-electron chi connectivity index (χ0n) is 11.0. The monoisotopic (exact) mass is 277 g/mol. The summed E-state index contributed by atoms with van der Waals surface area (Å²) in [6, 6.07) is 13.9. The van der Waals surface area contributed by atoms with E-state index in [2.05, 4.69) is 11.6 Å². The van der Waals surface area contributed by atoms with Crippen molar-refractivity contribution in [2.75, 3.05) is 12.9 Å². The molecule has 0 saturated carbocycles. The molecule has 1 aromatic carbocycles. The first kappa shape index (κ1) is 14.2. The maximum absolute atomic E-state index is 9.45. The Morgan fingerprint density at radius 1 is 1.16 bits per heavy atom. The Morgan fingerprint density at radius 2 is 1.89 bits per heavy atom. The van der Waals surface area contributed by atoms with E-state index < -0.39 is 0 Å². The van der Waals surface area contributed by atoms with Gasteiger partial charge in [0, 0.05) is 0 Å². The Labute approximate surface area is 118 Å². The summed E-state index contributed by atoms with van der Waals surface area (Å²) in [7, 11) is 0. The molecule has 2 aromatic rings. The van der Waals surface area contributed by atoms with Gasteiger partial charge >= 0.3 is 0 Å². The molecule has 1 atom stereocenters. The molecule has 0 aliphatic carbocycles. The highest BCUT2D eigenvalue weighted by molar-refractivity contribution is 7.97. The van der Waals surface area contributed by atoms with Gasteiger partial charge in [0.2, 0.25) is 0 Å². The van der Waals surface area contributed by atoms with Crippen molar-refractivity contribution in [3.63, 3.8) is 0 Å². The first-order valence-electron chi connectivity index (χ1n) is 6.29. The molecular formula is C15H19NO2S. The average Bonchev–Trinajstić information content (AvgIpc) is 2.89. The summed E-state index contributed by atoms with van der Waals surface area (Å²) >= 11 is 1.74. The molecule has 1 aromatic heterocycles. The molecule has 102 valence electrons. The van der Waals surface area contributed by atoms with Gasteiger partial charge in [0.15, 0.2) is 0 Å². The van der Waals surface area contributed by atoms with Crippen molar-refractivity contribution < 1.29 is 9.52 Å². The SMILES string of the molecule is CSCc1ccc(CN[C@@H](CO)c2ccccc2)o1. The highest BCUT2D eigenvalue weighted by Crippen LogP contribution is 2.16. The summed E-state index contributed by atoms with van der Waals surface area (Å²) in [5.74, 6) is 2.78. The van der Waals surface area contributed by atoms with Crippen LogP contribution in [0.5, 0.6) is 0 Å². The first-order valence-corrected chi connectivity index (χ1v) is 7.68. The standard InChI is InChI=1S/C15H19NO2S/c1-19-11-14-8-7-13(18-14)9-16-15(10-17)12-5-3-2-4-6-12/h2-8,15-17H,9-11H2,1H3/t15-/m0/s1. The minimum absolute atomic E-state index is 0.0599. The number of benzene rings is 1. The second kappa shape index (κ2) is 7.38. The normalized spacial score (nSPS) is 12.5. The summed E-state index contributed by atoms with van der Waals surface area (Å²) in [6.45, 7) is 0.691. The number of hydrogen-bond acceptors (Lipinski definition) is 4. The quantitative estimate of drug-likeness (QED) is 0.817. The second-order valence-electron chi connectivity index (χ2n) is 4.33. The van der Waals surface area contributed by atoms with Gasteiger partial charge in [-0.05, 0) is 24.0 Å². The Balaban J connectivity index is 1.92. The lowest BCUT2D eigenvalue weighted by Gasteiger charge is -2.15. The molecule has 0 saturated heterocycles. The molecule has 0 spiro atoms. The minimum atomic E-state index is -0.0599. The van der Waals surface area contributed by atoms with Gasteiger partial charge < -0.3 is 14.8 Å². The molecule has 0 unspecified atom stereocenters. The van der Waals surface area contributed by atoms with Crippen molar-refractivity contribution in [3.8, 4) is 0 Å². The Hall–Kier alpha value is -1.23. The van der Waals surface area contributed by atoms with E-state index >= 15 is 0 Å². The van der Waals surface area contributed by atoms with E-state index in [1.54, 1.807) is 11.8 Å². The number of aliphatic hydroxyl groups is 1. The van der Waals surface area contributed by atoms with Gasteiger partial charge in [-0.3, -0.25) is 0 Å². The average molecular weight is 277 g/mol. The molecule has 0 bridgehead atoms. The third-order valence-corrected chi connectivity index (χ3v) is 3.48. The van der Waals surface area contributed by atoms with Crippen LogP contribution in [0, 0.1) is 0 Å². The predicted octanol–water partition coefficient (Wildman–Crippen LogP) is 2.97. The number of aliphatic hydroxyl groups excluding tert-OH is 1. The largest absolute Gasteiger partial charge is 0.464 e. The van der Waals surface area contributed by atoms with Crippen molar-refractivity contribution in [2.45, 2.75) is 18.3 Å². The van der Waals surface area contributed by atoms with Crippen LogP contribution in [-0.2, 0) is 12.3 Å². The van der Waals surface area contributed by atoms with E-state index in [-0.39, 0.29) is 12.6 Å². The van der Waals surface area contributed by atoms with Gasteiger partial charge in [-0.25, -0.2) is 0 Å². The minimum Gasteiger partial charge on any atom is -0.464 e. The fourth-order valence-electron chi connectivity index (χ4n) is 1.93. The van der Waals surface area contributed by atoms with E-state index in [1.807, 2.05) is 42.5 Å². The van der Waals surface area contributed by atoms with Crippen molar-refractivity contribution >= 4 is 11.8 Å². The Morgan fingerprint density at radius 3 is 2.58 bits per heavy atom. The van der Waals surface area contributed by atoms with Gasteiger partial charge in [0.05, 0.1) is 24.9 Å². The fourth-order valence-corrected chi connectivity index (χ4v) is 2.37. The van der Waals surface area contributed by atoms with Crippen LogP contribution in [0.15, 0.2) is 46.9 Å². The summed E-state index contributed by atoms with van der Waals surface area (Å²) in [4.78, 5) is 0. The van der Waals surface area contributed by atoms with Crippen LogP contribution in [-0.4, -0.2) is 18.0 Å². The first-order chi connectivity index (χ1) is 9.33. The van der Waals surface area contributed by atoms with Crippen LogP contribution in [0.1, 0.15) is 23.1 Å². The van der Waals surface area contributed by atoms with Crippen LogP contribution >= 0.6 is 11.8 Å². The molecule has 0 fully saturated rings. The number of rotatable bonds is 7. The maximum Gasteiger partial charge on any atom is 0.118 e. The van der Waals surface area contributed by atoms with Gasteiger partial charge in [-0.15, -0.1) is 0 Å². The van der Waals surface area contributed by atoms with Gasteiger partial charge in [-0.1, -0.05) is 30.3 Å². The van der Waals surface area contributed by atoms with Crippen molar-refractivity contribution in [1.82, 2.24) is 5.32 Å². The lowest BCUT2D eigenvalue weighted by atomic mass is 10.1. The topological polar surface area (TPSA) is 45.4 Å². The molecule has 4 heteroatoms. The molecular weight excluding hydrogens is 258 g/mol. The summed E-state index contributed by atoms with van der Waals surface area (Å²) in [5, 5.41) is 12.8. The predicted molar refractivity (Wildman–Crippen MR) is 79.0 cm³/mol. The van der Waals surface area contributed by atoms with Crippen molar-refractivity contribution in [2.24, 2.45) is 0 Å². The third kappa shape index (κ3) is 4.13. The van der Waals surface area contributed by atoms with E-state index in [1.165, 1.54) is 0 Å². The molecule has 3 nitrogen and oxygen atoms in total. The highest BCUT2D eigenvalue weighted by Gasteiger charge is 2.10. The molecule has 0 aliphatic heterocycles. The zero-order chi connectivity index (χ0) is 13.5. The highest BCUT2D eigenvalue weighted by atomic mass is 32.2. The van der Waals surface area contributed by atoms with Crippen LogP contribution in [0.4, 0.5) is 0 Å². The van der Waals surface area contributed by atoms with E-state index in [4.69, 9.17) is 4.42 Å². The van der Waals surface area contributed by atoms with Crippen molar-refractivity contribution in [1.29, 1.82) is 0 Å². The molecule has 0 amide bonds. The van der Waals surface area contributed by atoms with Crippen molar-refractivity contribution in [3.05, 3.63) is 59.5 Å². The number of furan rings is 1. The fraction of sp³-hybridized carbons (Fsp3) is 0.333. The van der Waals surface area contributed by atoms with E-state index in [9.17, 15) is 5.11 Å². The second-order valence-corrected chi connectivity index (χ2v) is 5.19. The molecule has 19 heavy (non-hydrogen) atoms. The lowest BCUT2D eigenvalue weighted by Crippen LogP contribution is -2.23. The van der Waals surface area contributed by atoms with Crippen LogP contribution in [0.25, 0.3) is 0 Å². The van der Waals surface area contributed by atoms with Gasteiger partial charge in [0.25, 0.3) is 0 Å². The summed E-state index contributed by atoms with van der Waals surface area (Å²) in [5.41, 5.74) is 1.08. The molecule has 1 heterocycles. The van der Waals surface area contributed by atoms with E-state index in [0.29, 0.717) is 6.54 Å². The molecule has 2 N–H and O–H groups in total. The Kier molecular flexibility index (Phi) is 5.51. The smallest absolute Gasteiger partial charge is 0.118 e. The van der Waals surface area contributed by atoms with E-state index in [0.717, 1.165) is 22.8 Å². The molecule has 0 aliphatic rings. The number of thioether (sulfide) groups is 1. The zero-order valence-corrected chi connectivity index (χ0v) is 11.8. The van der Waals surface area contributed by atoms with Crippen LogP contribution in [0.3, 0.4) is 0 Å². The molecule has 2 rings (SSSR count). The summed E-state index contributed by atoms with van der Waals surface area (Å²) in [6.07, 6.45) is 2.05. The number of hydrogen-bond donors (Lipinski definition) is 2.